The zero-order valence-electron chi connectivity index (χ0n) is 8.83. The number of rotatable bonds is 1. The van der Waals surface area contributed by atoms with Crippen molar-refractivity contribution >= 4 is 0 Å². The average molecular weight is 276 g/mol. The van der Waals surface area contributed by atoms with Crippen LogP contribution in [-0.4, -0.2) is 11.3 Å². The van der Waals surface area contributed by atoms with Crippen molar-refractivity contribution < 1.29 is 35.8 Å². The van der Waals surface area contributed by atoms with Crippen LogP contribution < -0.4 is 0 Å². The highest BCUT2D eigenvalue weighted by Gasteiger charge is 2.51. The first-order valence-electron chi connectivity index (χ1n) is 4.53. The van der Waals surface area contributed by atoms with Gasteiger partial charge in [-0.25, -0.2) is 4.39 Å². The lowest BCUT2D eigenvalue weighted by Crippen LogP contribution is -2.39. The Bertz CT molecular complexity index is 445. The van der Waals surface area contributed by atoms with Crippen molar-refractivity contribution in [1.29, 1.82) is 0 Å². The first kappa shape index (κ1) is 14.7. The van der Waals surface area contributed by atoms with Gasteiger partial charge < -0.3 is 5.11 Å². The molecule has 8 heteroatoms. The lowest BCUT2D eigenvalue weighted by Gasteiger charge is -2.27. The van der Waals surface area contributed by atoms with Crippen molar-refractivity contribution in [3.63, 3.8) is 0 Å². The van der Waals surface area contributed by atoms with E-state index in [0.717, 1.165) is 0 Å². The molecule has 0 fully saturated rings. The van der Waals surface area contributed by atoms with Crippen molar-refractivity contribution in [1.82, 2.24) is 0 Å². The van der Waals surface area contributed by atoms with E-state index in [2.05, 4.69) is 0 Å². The van der Waals surface area contributed by atoms with Gasteiger partial charge in [-0.2, -0.15) is 26.3 Å². The second-order valence-electron chi connectivity index (χ2n) is 3.76. The van der Waals surface area contributed by atoms with Crippen LogP contribution in [-0.2, 0) is 11.8 Å². The lowest BCUT2D eigenvalue weighted by atomic mass is 9.93. The molecule has 1 aromatic rings. The molecule has 1 rings (SSSR count). The Balaban J connectivity index is 3.38. The van der Waals surface area contributed by atoms with Gasteiger partial charge >= 0.3 is 12.4 Å². The molecule has 0 heterocycles. The fourth-order valence-electron chi connectivity index (χ4n) is 1.21. The molecule has 0 aromatic heterocycles. The molecule has 0 saturated carbocycles. The van der Waals surface area contributed by atoms with Crippen LogP contribution in [0.3, 0.4) is 0 Å². The van der Waals surface area contributed by atoms with Gasteiger partial charge in [0, 0.05) is 0 Å². The van der Waals surface area contributed by atoms with E-state index < -0.39 is 34.9 Å². The van der Waals surface area contributed by atoms with Crippen LogP contribution in [0.1, 0.15) is 18.1 Å². The monoisotopic (exact) mass is 276 g/mol. The molecule has 0 aliphatic carbocycles. The molecule has 0 amide bonds. The van der Waals surface area contributed by atoms with Crippen molar-refractivity contribution in [2.24, 2.45) is 0 Å². The van der Waals surface area contributed by atoms with Gasteiger partial charge in [-0.3, -0.25) is 0 Å². The predicted octanol–water partition coefficient (Wildman–Crippen LogP) is 3.61. The van der Waals surface area contributed by atoms with Crippen LogP contribution >= 0.6 is 0 Å². The maximum absolute atomic E-state index is 12.9. The van der Waals surface area contributed by atoms with Crippen LogP contribution in [0.25, 0.3) is 0 Å². The van der Waals surface area contributed by atoms with Gasteiger partial charge in [0.1, 0.15) is 5.82 Å². The van der Waals surface area contributed by atoms with E-state index in [4.69, 9.17) is 0 Å². The normalized spacial score (nSPS) is 16.5. The average Bonchev–Trinajstić information content (AvgIpc) is 2.14. The summed E-state index contributed by atoms with van der Waals surface area (Å²) in [6.45, 7) is 0.292. The number of halogens is 7. The van der Waals surface area contributed by atoms with Crippen molar-refractivity contribution in [3.05, 3.63) is 35.1 Å². The Morgan fingerprint density at radius 2 is 1.50 bits per heavy atom. The summed E-state index contributed by atoms with van der Waals surface area (Å²) in [5.74, 6) is -1.70. The number of aliphatic hydroxyl groups is 1. The largest absolute Gasteiger partial charge is 0.421 e. The van der Waals surface area contributed by atoms with Gasteiger partial charge in [0.25, 0.3) is 0 Å². The van der Waals surface area contributed by atoms with Gasteiger partial charge in [0.2, 0.25) is 0 Å². The highest BCUT2D eigenvalue weighted by atomic mass is 19.4. The second kappa shape index (κ2) is 4.11. The van der Waals surface area contributed by atoms with Gasteiger partial charge in [0.15, 0.2) is 5.60 Å². The molecular formula is C10H7F7O. The molecule has 1 nitrogen and oxygen atoms in total. The smallest absolute Gasteiger partial charge is 0.376 e. The van der Waals surface area contributed by atoms with Gasteiger partial charge in [-0.15, -0.1) is 0 Å². The quantitative estimate of drug-likeness (QED) is 0.777. The second-order valence-corrected chi connectivity index (χ2v) is 3.76. The standard InChI is InChI=1S/C10H7F7O/c1-8(18,10(15,16)17)5-2-3-7(11)6(4-5)9(12,13)14/h2-4,18H,1H3. The number of alkyl halides is 6. The Morgan fingerprint density at radius 1 is 1.00 bits per heavy atom. The summed E-state index contributed by atoms with van der Waals surface area (Å²) in [5.41, 5.74) is -6.42. The van der Waals surface area contributed by atoms with Crippen LogP contribution in [0.15, 0.2) is 18.2 Å². The topological polar surface area (TPSA) is 20.2 Å². The lowest BCUT2D eigenvalue weighted by molar-refractivity contribution is -0.259. The number of hydrogen-bond donors (Lipinski definition) is 1. The molecule has 102 valence electrons. The molecule has 0 spiro atoms. The minimum atomic E-state index is -5.17. The summed E-state index contributed by atoms with van der Waals surface area (Å²) in [6, 6.07) is 0.638. The van der Waals surface area contributed by atoms with Crippen LogP contribution in [0, 0.1) is 5.82 Å². The Hall–Kier alpha value is -1.31. The minimum Gasteiger partial charge on any atom is -0.376 e. The molecule has 1 N–H and O–H groups in total. The molecule has 0 saturated heterocycles. The van der Waals surface area contributed by atoms with E-state index in [0.29, 0.717) is 13.0 Å². The maximum atomic E-state index is 12.9. The third-order valence-electron chi connectivity index (χ3n) is 2.39. The Labute approximate surface area is 96.8 Å². The highest BCUT2D eigenvalue weighted by molar-refractivity contribution is 5.31. The summed E-state index contributed by atoms with van der Waals surface area (Å²) >= 11 is 0. The number of hydrogen-bond acceptors (Lipinski definition) is 1. The number of benzene rings is 1. The highest BCUT2D eigenvalue weighted by Crippen LogP contribution is 2.41. The summed E-state index contributed by atoms with van der Waals surface area (Å²) in [4.78, 5) is 0. The third kappa shape index (κ3) is 2.58. The molecule has 0 bridgehead atoms. The van der Waals surface area contributed by atoms with Crippen LogP contribution in [0.5, 0.6) is 0 Å². The Kier molecular flexibility index (Phi) is 3.37. The fourth-order valence-corrected chi connectivity index (χ4v) is 1.21. The molecule has 1 atom stereocenters. The molecule has 1 unspecified atom stereocenters. The van der Waals surface area contributed by atoms with Gasteiger partial charge in [0.05, 0.1) is 5.56 Å². The van der Waals surface area contributed by atoms with E-state index in [1.165, 1.54) is 0 Å². The van der Waals surface area contributed by atoms with E-state index >= 15 is 0 Å². The molecule has 18 heavy (non-hydrogen) atoms. The molecule has 0 radical (unpaired) electrons. The van der Waals surface area contributed by atoms with Crippen LogP contribution in [0.2, 0.25) is 0 Å². The Morgan fingerprint density at radius 3 is 1.89 bits per heavy atom. The van der Waals surface area contributed by atoms with Gasteiger partial charge in [-0.1, -0.05) is 6.07 Å². The van der Waals surface area contributed by atoms with Crippen molar-refractivity contribution in [3.8, 4) is 0 Å². The van der Waals surface area contributed by atoms with Crippen LogP contribution in [0.4, 0.5) is 30.7 Å². The minimum absolute atomic E-state index is 0.0528. The zero-order valence-corrected chi connectivity index (χ0v) is 8.83. The van der Waals surface area contributed by atoms with E-state index in [1.807, 2.05) is 0 Å². The summed E-state index contributed by atoms with van der Waals surface area (Å²) < 4.78 is 87.1. The fraction of sp³-hybridized carbons (Fsp3) is 0.400. The predicted molar refractivity (Wildman–Crippen MR) is 47.0 cm³/mol. The summed E-state index contributed by atoms with van der Waals surface area (Å²) in [7, 11) is 0. The molecule has 1 aromatic carbocycles. The summed E-state index contributed by atoms with van der Waals surface area (Å²) in [6.07, 6.45) is -10.3. The first-order valence-corrected chi connectivity index (χ1v) is 4.53. The first-order chi connectivity index (χ1) is 7.87. The van der Waals surface area contributed by atoms with Crippen molar-refractivity contribution in [2.75, 3.05) is 0 Å². The van der Waals surface area contributed by atoms with Crippen molar-refractivity contribution in [2.45, 2.75) is 24.9 Å². The van der Waals surface area contributed by atoms with Gasteiger partial charge in [-0.05, 0) is 24.6 Å². The van der Waals surface area contributed by atoms with E-state index in [-0.39, 0.29) is 12.1 Å². The molecule has 0 aliphatic heterocycles. The van der Waals surface area contributed by atoms with E-state index in [1.54, 1.807) is 0 Å². The third-order valence-corrected chi connectivity index (χ3v) is 2.39. The zero-order chi connectivity index (χ0) is 14.4. The van der Waals surface area contributed by atoms with E-state index in [9.17, 15) is 35.8 Å². The SMILES string of the molecule is CC(O)(c1ccc(F)c(C(F)(F)F)c1)C(F)(F)F. The molecule has 0 aliphatic rings. The maximum Gasteiger partial charge on any atom is 0.421 e. The molecular weight excluding hydrogens is 269 g/mol. The summed E-state index contributed by atoms with van der Waals surface area (Å²) in [5, 5.41) is 9.19.